The second-order valence-corrected chi connectivity index (χ2v) is 6.06. The minimum absolute atomic E-state index is 0. The van der Waals surface area contributed by atoms with E-state index in [2.05, 4.69) is 43.0 Å². The Hall–Kier alpha value is -1.06. The predicted molar refractivity (Wildman–Crippen MR) is 94.3 cm³/mol. The number of amides is 1. The maximum atomic E-state index is 12.6. The molecule has 3 nitrogen and oxygen atoms in total. The number of carbonyl (C=O) groups is 1. The molecular formula is C18H29ClN2O. The van der Waals surface area contributed by atoms with Gasteiger partial charge in [-0.2, -0.15) is 0 Å². The number of benzene rings is 1. The highest BCUT2D eigenvalue weighted by atomic mass is 35.5. The molecule has 4 heteroatoms. The number of carbonyl (C=O) groups excluding carboxylic acids is 1. The van der Waals surface area contributed by atoms with Gasteiger partial charge < -0.3 is 10.6 Å². The minimum Gasteiger partial charge on any atom is -0.338 e. The number of rotatable bonds is 6. The van der Waals surface area contributed by atoms with Gasteiger partial charge >= 0.3 is 0 Å². The number of likely N-dealkylation sites (tertiary alicyclic amines) is 1. The Labute approximate surface area is 140 Å². The van der Waals surface area contributed by atoms with Crippen LogP contribution in [0.5, 0.6) is 0 Å². The summed E-state index contributed by atoms with van der Waals surface area (Å²) < 4.78 is 0. The fourth-order valence-electron chi connectivity index (χ4n) is 3.56. The summed E-state index contributed by atoms with van der Waals surface area (Å²) in [6, 6.07) is 10.6. The first-order chi connectivity index (χ1) is 10.2. The van der Waals surface area contributed by atoms with Gasteiger partial charge in [-0.05, 0) is 31.2 Å². The summed E-state index contributed by atoms with van der Waals surface area (Å²) in [5.74, 6) is 0.570. The Morgan fingerprint density at radius 3 is 2.59 bits per heavy atom. The van der Waals surface area contributed by atoms with Gasteiger partial charge in [0.15, 0.2) is 0 Å². The average Bonchev–Trinajstić information content (AvgIpc) is 2.98. The number of hydrogen-bond acceptors (Lipinski definition) is 2. The molecule has 1 aliphatic rings. The Bertz CT molecular complexity index is 452. The minimum atomic E-state index is -0.330. The van der Waals surface area contributed by atoms with Crippen LogP contribution in [0.25, 0.3) is 0 Å². The summed E-state index contributed by atoms with van der Waals surface area (Å²) in [4.78, 5) is 14.7. The van der Waals surface area contributed by atoms with Crippen LogP contribution in [0.4, 0.5) is 0 Å². The van der Waals surface area contributed by atoms with Gasteiger partial charge in [0.05, 0.1) is 6.04 Å². The largest absolute Gasteiger partial charge is 0.338 e. The molecule has 22 heavy (non-hydrogen) atoms. The second-order valence-electron chi connectivity index (χ2n) is 6.06. The molecule has 1 saturated heterocycles. The van der Waals surface area contributed by atoms with Gasteiger partial charge in [-0.1, -0.05) is 50.6 Å². The Kier molecular flexibility index (Phi) is 7.91. The molecule has 1 aromatic carbocycles. The van der Waals surface area contributed by atoms with E-state index in [9.17, 15) is 4.79 Å². The van der Waals surface area contributed by atoms with E-state index in [1.54, 1.807) is 0 Å². The van der Waals surface area contributed by atoms with E-state index in [1.165, 1.54) is 5.56 Å². The summed E-state index contributed by atoms with van der Waals surface area (Å²) in [5, 5.41) is 0. The van der Waals surface area contributed by atoms with Gasteiger partial charge in [-0.3, -0.25) is 4.79 Å². The first kappa shape index (κ1) is 19.0. The fraction of sp³-hybridized carbons (Fsp3) is 0.611. The lowest BCUT2D eigenvalue weighted by atomic mass is 9.87. The van der Waals surface area contributed by atoms with Crippen LogP contribution in [0.3, 0.4) is 0 Å². The summed E-state index contributed by atoms with van der Waals surface area (Å²) in [6.45, 7) is 5.16. The topological polar surface area (TPSA) is 46.3 Å². The van der Waals surface area contributed by atoms with Crippen molar-refractivity contribution in [1.29, 1.82) is 0 Å². The standard InChI is InChI=1S/C18H28N2O.ClH/c1-3-9-16(19)18(21)20-13-8-12-17(20)15(4-2)14-10-6-5-7-11-14;/h5-7,10-11,15-17H,3-4,8-9,12-13,19H2,1-2H3;1H. The lowest BCUT2D eigenvalue weighted by Crippen LogP contribution is -2.47. The SMILES string of the molecule is CCCC(N)C(=O)N1CCCC1C(CC)c1ccccc1.Cl. The van der Waals surface area contributed by atoms with E-state index >= 15 is 0 Å². The third-order valence-corrected chi connectivity index (χ3v) is 4.63. The fourth-order valence-corrected chi connectivity index (χ4v) is 3.56. The van der Waals surface area contributed by atoms with Crippen molar-refractivity contribution in [2.45, 2.75) is 64.0 Å². The summed E-state index contributed by atoms with van der Waals surface area (Å²) in [7, 11) is 0. The van der Waals surface area contributed by atoms with Crippen LogP contribution in [0.1, 0.15) is 57.4 Å². The van der Waals surface area contributed by atoms with Crippen molar-refractivity contribution in [2.75, 3.05) is 6.54 Å². The van der Waals surface area contributed by atoms with E-state index in [4.69, 9.17) is 5.73 Å². The first-order valence-corrected chi connectivity index (χ1v) is 8.30. The third-order valence-electron chi connectivity index (χ3n) is 4.63. The third kappa shape index (κ3) is 4.23. The van der Waals surface area contributed by atoms with Gasteiger partial charge in [-0.15, -0.1) is 12.4 Å². The highest BCUT2D eigenvalue weighted by molar-refractivity contribution is 5.85. The van der Waals surface area contributed by atoms with Crippen molar-refractivity contribution in [3.63, 3.8) is 0 Å². The molecule has 124 valence electrons. The quantitative estimate of drug-likeness (QED) is 0.866. The van der Waals surface area contributed by atoms with Crippen molar-refractivity contribution >= 4 is 18.3 Å². The summed E-state index contributed by atoms with van der Waals surface area (Å²) in [5.41, 5.74) is 7.40. The highest BCUT2D eigenvalue weighted by Crippen LogP contribution is 2.33. The molecule has 1 amide bonds. The molecule has 1 heterocycles. The Morgan fingerprint density at radius 1 is 1.32 bits per heavy atom. The summed E-state index contributed by atoms with van der Waals surface area (Å²) in [6.07, 6.45) is 4.99. The maximum Gasteiger partial charge on any atom is 0.239 e. The van der Waals surface area contributed by atoms with Crippen LogP contribution >= 0.6 is 12.4 Å². The van der Waals surface area contributed by atoms with Crippen LogP contribution in [-0.4, -0.2) is 29.4 Å². The average molecular weight is 325 g/mol. The van der Waals surface area contributed by atoms with Gasteiger partial charge in [-0.25, -0.2) is 0 Å². The lowest BCUT2D eigenvalue weighted by molar-refractivity contribution is -0.134. The van der Waals surface area contributed by atoms with Crippen LogP contribution < -0.4 is 5.73 Å². The molecule has 1 fully saturated rings. The van der Waals surface area contributed by atoms with Crippen LogP contribution in [0, 0.1) is 0 Å². The van der Waals surface area contributed by atoms with Crippen molar-refractivity contribution in [1.82, 2.24) is 4.90 Å². The molecular weight excluding hydrogens is 296 g/mol. The van der Waals surface area contributed by atoms with Crippen LogP contribution in [-0.2, 0) is 4.79 Å². The van der Waals surface area contributed by atoms with E-state index < -0.39 is 0 Å². The van der Waals surface area contributed by atoms with E-state index in [1.807, 2.05) is 6.07 Å². The smallest absolute Gasteiger partial charge is 0.239 e. The summed E-state index contributed by atoms with van der Waals surface area (Å²) >= 11 is 0. The van der Waals surface area contributed by atoms with Crippen molar-refractivity contribution in [3.05, 3.63) is 35.9 Å². The number of nitrogens with zero attached hydrogens (tertiary/aromatic N) is 1. The van der Waals surface area contributed by atoms with Crippen molar-refractivity contribution < 1.29 is 4.79 Å². The zero-order chi connectivity index (χ0) is 15.2. The molecule has 3 unspecified atom stereocenters. The van der Waals surface area contributed by atoms with Gasteiger partial charge in [0.25, 0.3) is 0 Å². The van der Waals surface area contributed by atoms with E-state index in [0.717, 1.165) is 38.6 Å². The first-order valence-electron chi connectivity index (χ1n) is 8.30. The highest BCUT2D eigenvalue weighted by Gasteiger charge is 2.36. The maximum absolute atomic E-state index is 12.6. The van der Waals surface area contributed by atoms with E-state index in [-0.39, 0.29) is 24.4 Å². The van der Waals surface area contributed by atoms with Gasteiger partial charge in [0.1, 0.15) is 0 Å². The van der Waals surface area contributed by atoms with Crippen molar-refractivity contribution in [3.8, 4) is 0 Å². The molecule has 2 N–H and O–H groups in total. The van der Waals surface area contributed by atoms with E-state index in [0.29, 0.717) is 12.0 Å². The van der Waals surface area contributed by atoms with Crippen LogP contribution in [0.2, 0.25) is 0 Å². The van der Waals surface area contributed by atoms with Gasteiger partial charge in [0.2, 0.25) is 5.91 Å². The zero-order valence-electron chi connectivity index (χ0n) is 13.7. The number of halogens is 1. The number of nitrogens with two attached hydrogens (primary N) is 1. The molecule has 0 saturated carbocycles. The molecule has 2 rings (SSSR count). The second kappa shape index (κ2) is 9.16. The Balaban J connectivity index is 0.00000242. The number of hydrogen-bond donors (Lipinski definition) is 1. The molecule has 0 aliphatic carbocycles. The zero-order valence-corrected chi connectivity index (χ0v) is 14.5. The molecule has 0 bridgehead atoms. The van der Waals surface area contributed by atoms with Crippen molar-refractivity contribution in [2.24, 2.45) is 5.73 Å². The monoisotopic (exact) mass is 324 g/mol. The van der Waals surface area contributed by atoms with Gasteiger partial charge in [0, 0.05) is 18.5 Å². The Morgan fingerprint density at radius 2 is 2.00 bits per heavy atom. The molecule has 0 aromatic heterocycles. The molecule has 0 spiro atoms. The molecule has 1 aromatic rings. The lowest BCUT2D eigenvalue weighted by Gasteiger charge is -2.33. The van der Waals surface area contributed by atoms with Crippen LogP contribution in [0.15, 0.2) is 30.3 Å². The molecule has 1 aliphatic heterocycles. The molecule has 3 atom stereocenters. The molecule has 0 radical (unpaired) electrons. The normalized spacial score (nSPS) is 20.3. The predicted octanol–water partition coefficient (Wildman–Crippen LogP) is 3.72.